The normalized spacial score (nSPS) is 16.8. The van der Waals surface area contributed by atoms with Gasteiger partial charge in [0.25, 0.3) is 0 Å². The summed E-state index contributed by atoms with van der Waals surface area (Å²) in [6.45, 7) is 4.22. The first-order chi connectivity index (χ1) is 9.65. The fourth-order valence-corrected chi connectivity index (χ4v) is 2.55. The molecular formula is C14H15N3O3. The van der Waals surface area contributed by atoms with Crippen LogP contribution in [-0.2, 0) is 4.74 Å². The molecule has 1 aliphatic heterocycles. The molecule has 6 nitrogen and oxygen atoms in total. The van der Waals surface area contributed by atoms with Crippen LogP contribution < -0.4 is 10.5 Å². The first-order valence-electron chi connectivity index (χ1n) is 6.29. The van der Waals surface area contributed by atoms with E-state index in [1.54, 1.807) is 12.1 Å². The number of esters is 1. The number of nitrogens with zero attached hydrogens (tertiary/aromatic N) is 2. The van der Waals surface area contributed by atoms with Crippen LogP contribution in [0.4, 0.5) is 5.95 Å². The number of imidazole rings is 1. The Balaban J connectivity index is 2.22. The van der Waals surface area contributed by atoms with E-state index in [1.165, 1.54) is 7.11 Å². The minimum atomic E-state index is -0.423. The summed E-state index contributed by atoms with van der Waals surface area (Å²) in [5, 5.41) is 0. The lowest BCUT2D eigenvalue weighted by Crippen LogP contribution is -2.23. The zero-order chi connectivity index (χ0) is 14.3. The minimum absolute atomic E-state index is 0.0778. The molecule has 0 saturated heterocycles. The summed E-state index contributed by atoms with van der Waals surface area (Å²) in [4.78, 5) is 16.0. The van der Waals surface area contributed by atoms with Gasteiger partial charge in [0.2, 0.25) is 5.95 Å². The maximum Gasteiger partial charge on any atom is 0.338 e. The van der Waals surface area contributed by atoms with Crippen LogP contribution in [0.1, 0.15) is 22.8 Å². The second-order valence-electron chi connectivity index (χ2n) is 4.66. The van der Waals surface area contributed by atoms with Crippen LogP contribution in [0.15, 0.2) is 24.8 Å². The number of rotatable bonds is 3. The second kappa shape index (κ2) is 4.56. The van der Waals surface area contributed by atoms with Crippen LogP contribution in [0, 0.1) is 0 Å². The molecule has 0 bridgehead atoms. The molecule has 2 heterocycles. The van der Waals surface area contributed by atoms with Crippen molar-refractivity contribution < 1.29 is 14.3 Å². The third-order valence-electron chi connectivity index (χ3n) is 3.43. The van der Waals surface area contributed by atoms with Crippen molar-refractivity contribution in [1.82, 2.24) is 9.55 Å². The molecule has 0 amide bonds. The van der Waals surface area contributed by atoms with Gasteiger partial charge in [0, 0.05) is 0 Å². The Morgan fingerprint density at radius 3 is 3.20 bits per heavy atom. The van der Waals surface area contributed by atoms with E-state index in [1.807, 2.05) is 10.6 Å². The number of hydrogen-bond acceptors (Lipinski definition) is 5. The zero-order valence-corrected chi connectivity index (χ0v) is 11.1. The van der Waals surface area contributed by atoms with Crippen molar-refractivity contribution in [3.05, 3.63) is 30.4 Å². The number of nitrogens with two attached hydrogens (primary N) is 1. The molecule has 0 fully saturated rings. The standard InChI is InChI=1S/C14H15N3O3/c1-3-4-9-7-20-11-6-8(13(18)19-2)5-10-12(11)17(9)14(15)16-10/h3,5-6,9H,1,4,7H2,2H3,(H2,15,16)/t9-/m1/s1. The van der Waals surface area contributed by atoms with Gasteiger partial charge in [0.05, 0.1) is 24.2 Å². The number of ether oxygens (including phenoxy) is 2. The zero-order valence-electron chi connectivity index (χ0n) is 11.1. The Morgan fingerprint density at radius 2 is 2.50 bits per heavy atom. The summed E-state index contributed by atoms with van der Waals surface area (Å²) in [5.41, 5.74) is 7.84. The number of aromatic nitrogens is 2. The highest BCUT2D eigenvalue weighted by Crippen LogP contribution is 2.37. The summed E-state index contributed by atoms with van der Waals surface area (Å²) >= 11 is 0. The fourth-order valence-electron chi connectivity index (χ4n) is 2.55. The highest BCUT2D eigenvalue weighted by atomic mass is 16.5. The van der Waals surface area contributed by atoms with E-state index in [0.29, 0.717) is 29.4 Å². The van der Waals surface area contributed by atoms with Crippen LogP contribution in [0.2, 0.25) is 0 Å². The van der Waals surface area contributed by atoms with E-state index in [0.717, 1.165) is 11.9 Å². The van der Waals surface area contributed by atoms with Crippen LogP contribution in [-0.4, -0.2) is 29.2 Å². The number of anilines is 1. The third kappa shape index (κ3) is 1.72. The monoisotopic (exact) mass is 273 g/mol. The molecule has 0 aliphatic carbocycles. The summed E-state index contributed by atoms with van der Waals surface area (Å²) in [7, 11) is 1.34. The number of carbonyl (C=O) groups excluding carboxylic acids is 1. The Hall–Kier alpha value is -2.50. The summed E-state index contributed by atoms with van der Waals surface area (Å²) in [5.74, 6) is 0.596. The van der Waals surface area contributed by atoms with Gasteiger partial charge in [0.1, 0.15) is 17.9 Å². The molecule has 3 rings (SSSR count). The molecule has 1 aliphatic rings. The van der Waals surface area contributed by atoms with E-state index in [4.69, 9.17) is 15.2 Å². The van der Waals surface area contributed by atoms with Gasteiger partial charge in [0.15, 0.2) is 0 Å². The van der Waals surface area contributed by atoms with E-state index in [9.17, 15) is 4.79 Å². The highest BCUT2D eigenvalue weighted by molar-refractivity contribution is 5.97. The maximum absolute atomic E-state index is 11.6. The van der Waals surface area contributed by atoms with Crippen LogP contribution in [0.5, 0.6) is 5.75 Å². The molecule has 2 aromatic rings. The Kier molecular flexibility index (Phi) is 2.85. The Morgan fingerprint density at radius 1 is 1.70 bits per heavy atom. The van der Waals surface area contributed by atoms with Crippen molar-refractivity contribution in [2.45, 2.75) is 12.5 Å². The number of benzene rings is 1. The average Bonchev–Trinajstić information content (AvgIpc) is 2.79. The van der Waals surface area contributed by atoms with Gasteiger partial charge in [-0.05, 0) is 18.6 Å². The predicted molar refractivity (Wildman–Crippen MR) is 74.8 cm³/mol. The lowest BCUT2D eigenvalue weighted by atomic mass is 10.1. The van der Waals surface area contributed by atoms with E-state index >= 15 is 0 Å². The molecule has 0 radical (unpaired) electrons. The fraction of sp³-hybridized carbons (Fsp3) is 0.286. The molecule has 0 saturated carbocycles. The van der Waals surface area contributed by atoms with Crippen molar-refractivity contribution in [3.63, 3.8) is 0 Å². The van der Waals surface area contributed by atoms with Crippen LogP contribution in [0.25, 0.3) is 11.0 Å². The summed E-state index contributed by atoms with van der Waals surface area (Å²) in [6, 6.07) is 3.40. The van der Waals surface area contributed by atoms with Gasteiger partial charge in [-0.2, -0.15) is 0 Å². The first-order valence-corrected chi connectivity index (χ1v) is 6.29. The SMILES string of the molecule is C=CC[C@@H]1COc2cc(C(=O)OC)cc3nc(N)n1c23. The van der Waals surface area contributed by atoms with Gasteiger partial charge in [-0.25, -0.2) is 9.78 Å². The lowest BCUT2D eigenvalue weighted by molar-refractivity contribution is 0.0600. The van der Waals surface area contributed by atoms with Crippen molar-refractivity contribution in [2.24, 2.45) is 0 Å². The van der Waals surface area contributed by atoms with Gasteiger partial charge in [-0.3, -0.25) is 0 Å². The molecule has 1 aromatic carbocycles. The third-order valence-corrected chi connectivity index (χ3v) is 3.43. The van der Waals surface area contributed by atoms with Crippen LogP contribution >= 0.6 is 0 Å². The lowest BCUT2D eigenvalue weighted by Gasteiger charge is -2.25. The van der Waals surface area contributed by atoms with Crippen molar-refractivity contribution >= 4 is 23.0 Å². The minimum Gasteiger partial charge on any atom is -0.489 e. The van der Waals surface area contributed by atoms with Gasteiger partial charge in [-0.1, -0.05) is 6.08 Å². The number of hydrogen-bond donors (Lipinski definition) is 1. The maximum atomic E-state index is 11.6. The smallest absolute Gasteiger partial charge is 0.338 e. The number of nitrogen functional groups attached to an aromatic ring is 1. The Labute approximate surface area is 115 Å². The summed E-state index contributed by atoms with van der Waals surface area (Å²) in [6.07, 6.45) is 2.57. The van der Waals surface area contributed by atoms with Crippen LogP contribution in [0.3, 0.4) is 0 Å². The van der Waals surface area contributed by atoms with Gasteiger partial charge >= 0.3 is 5.97 Å². The Bertz CT molecular complexity index is 705. The average molecular weight is 273 g/mol. The van der Waals surface area contributed by atoms with Crippen molar-refractivity contribution in [3.8, 4) is 5.75 Å². The summed E-state index contributed by atoms with van der Waals surface area (Å²) < 4.78 is 12.4. The van der Waals surface area contributed by atoms with Crippen molar-refractivity contribution in [1.29, 1.82) is 0 Å². The second-order valence-corrected chi connectivity index (χ2v) is 4.66. The highest BCUT2D eigenvalue weighted by Gasteiger charge is 2.26. The van der Waals surface area contributed by atoms with E-state index < -0.39 is 5.97 Å². The molecule has 2 N–H and O–H groups in total. The van der Waals surface area contributed by atoms with Gasteiger partial charge < -0.3 is 19.8 Å². The largest absolute Gasteiger partial charge is 0.489 e. The number of carbonyl (C=O) groups is 1. The molecule has 20 heavy (non-hydrogen) atoms. The molecule has 0 spiro atoms. The quantitative estimate of drug-likeness (QED) is 0.682. The first kappa shape index (κ1) is 12.5. The van der Waals surface area contributed by atoms with E-state index in [-0.39, 0.29) is 6.04 Å². The number of allylic oxidation sites excluding steroid dienone is 1. The molecule has 6 heteroatoms. The number of methoxy groups -OCH3 is 1. The molecule has 104 valence electrons. The topological polar surface area (TPSA) is 79.4 Å². The molecule has 0 unspecified atom stereocenters. The van der Waals surface area contributed by atoms with Crippen molar-refractivity contribution in [2.75, 3.05) is 19.5 Å². The molecule has 1 aromatic heterocycles. The van der Waals surface area contributed by atoms with E-state index in [2.05, 4.69) is 11.6 Å². The predicted octanol–water partition coefficient (Wildman–Crippen LogP) is 1.91. The molecule has 1 atom stereocenters. The molecular weight excluding hydrogens is 258 g/mol. The van der Waals surface area contributed by atoms with Gasteiger partial charge in [-0.15, -0.1) is 6.58 Å².